The number of hydrogen-bond acceptors (Lipinski definition) is 3. The number of benzene rings is 1. The first kappa shape index (κ1) is 15.6. The van der Waals surface area contributed by atoms with Crippen molar-refractivity contribution in [2.75, 3.05) is 16.8 Å². The van der Waals surface area contributed by atoms with Gasteiger partial charge in [-0.3, -0.25) is 9.59 Å². The van der Waals surface area contributed by atoms with Crippen LogP contribution < -0.4 is 5.32 Å². The van der Waals surface area contributed by atoms with Crippen LogP contribution in [-0.4, -0.2) is 28.5 Å². The fourth-order valence-corrected chi connectivity index (χ4v) is 2.37. The third-order valence-corrected chi connectivity index (χ3v) is 3.97. The molecule has 0 bridgehead atoms. The average molecular weight is 281 g/mol. The molecule has 4 nitrogen and oxygen atoms in total. The van der Waals surface area contributed by atoms with E-state index in [-0.39, 0.29) is 11.7 Å². The molecule has 0 saturated heterocycles. The van der Waals surface area contributed by atoms with E-state index in [1.54, 1.807) is 13.8 Å². The molecule has 0 saturated carbocycles. The molecule has 0 fully saturated rings. The second-order valence-electron chi connectivity index (χ2n) is 5.10. The van der Waals surface area contributed by atoms with Crippen molar-refractivity contribution in [1.29, 1.82) is 0 Å². The highest BCUT2D eigenvalue weighted by Crippen LogP contribution is 2.22. The van der Waals surface area contributed by atoms with E-state index in [1.165, 1.54) is 11.8 Å². The van der Waals surface area contributed by atoms with Crippen molar-refractivity contribution in [3.63, 3.8) is 0 Å². The Kier molecular flexibility index (Phi) is 5.42. The van der Waals surface area contributed by atoms with Crippen molar-refractivity contribution < 1.29 is 14.7 Å². The minimum absolute atomic E-state index is 0.114. The molecule has 0 spiro atoms. The number of amides is 1. The van der Waals surface area contributed by atoms with Gasteiger partial charge in [-0.15, -0.1) is 0 Å². The van der Waals surface area contributed by atoms with Crippen LogP contribution in [0.3, 0.4) is 0 Å². The highest BCUT2D eigenvalue weighted by atomic mass is 32.2. The number of carbonyl (C=O) groups excluding carboxylic acids is 1. The van der Waals surface area contributed by atoms with Gasteiger partial charge in [0.1, 0.15) is 0 Å². The SMILES string of the molecule is Cc1cccc(NC(=O)CSCC(C)(C)C(=O)O)c1. The predicted octanol–water partition coefficient (Wildman–Crippen LogP) is 2.78. The first-order valence-electron chi connectivity index (χ1n) is 5.99. The Balaban J connectivity index is 2.39. The Bertz CT molecular complexity index is 472. The fraction of sp³-hybridized carbons (Fsp3) is 0.429. The van der Waals surface area contributed by atoms with Crippen LogP contribution in [0.25, 0.3) is 0 Å². The molecular formula is C14H19NO3S. The number of anilines is 1. The van der Waals surface area contributed by atoms with Gasteiger partial charge in [0.15, 0.2) is 0 Å². The van der Waals surface area contributed by atoms with Gasteiger partial charge in [-0.2, -0.15) is 11.8 Å². The minimum atomic E-state index is -0.848. The van der Waals surface area contributed by atoms with Crippen LogP contribution in [0.5, 0.6) is 0 Å². The lowest BCUT2D eigenvalue weighted by atomic mass is 9.97. The quantitative estimate of drug-likeness (QED) is 0.841. The van der Waals surface area contributed by atoms with Crippen molar-refractivity contribution in [2.24, 2.45) is 5.41 Å². The monoisotopic (exact) mass is 281 g/mol. The summed E-state index contributed by atoms with van der Waals surface area (Å²) < 4.78 is 0. The molecule has 1 aromatic carbocycles. The second kappa shape index (κ2) is 6.61. The maximum Gasteiger partial charge on any atom is 0.309 e. The lowest BCUT2D eigenvalue weighted by Gasteiger charge is -2.17. The molecule has 2 N–H and O–H groups in total. The van der Waals surface area contributed by atoms with E-state index in [0.29, 0.717) is 5.75 Å². The van der Waals surface area contributed by atoms with Crippen LogP contribution in [0.4, 0.5) is 5.69 Å². The zero-order valence-corrected chi connectivity index (χ0v) is 12.2. The molecule has 0 unspecified atom stereocenters. The first-order chi connectivity index (χ1) is 8.81. The number of thioether (sulfide) groups is 1. The number of carbonyl (C=O) groups is 2. The minimum Gasteiger partial charge on any atom is -0.481 e. The standard InChI is InChI=1S/C14H19NO3S/c1-10-5-4-6-11(7-10)15-12(16)8-19-9-14(2,3)13(17)18/h4-7H,8-9H2,1-3H3,(H,15,16)(H,17,18). The Hall–Kier alpha value is -1.49. The summed E-state index contributed by atoms with van der Waals surface area (Å²) in [5, 5.41) is 11.7. The molecule has 1 amide bonds. The first-order valence-corrected chi connectivity index (χ1v) is 7.14. The van der Waals surface area contributed by atoms with Gasteiger partial charge >= 0.3 is 5.97 Å². The molecular weight excluding hydrogens is 262 g/mol. The summed E-state index contributed by atoms with van der Waals surface area (Å²) in [6.45, 7) is 5.27. The Morgan fingerprint density at radius 1 is 1.37 bits per heavy atom. The predicted molar refractivity (Wildman–Crippen MR) is 78.6 cm³/mol. The number of carboxylic acids is 1. The van der Waals surface area contributed by atoms with Gasteiger partial charge in [0.2, 0.25) is 5.91 Å². The summed E-state index contributed by atoms with van der Waals surface area (Å²) in [6.07, 6.45) is 0. The zero-order chi connectivity index (χ0) is 14.5. The summed E-state index contributed by atoms with van der Waals surface area (Å²) in [5.41, 5.74) is 1.04. The van der Waals surface area contributed by atoms with E-state index in [2.05, 4.69) is 5.32 Å². The number of aliphatic carboxylic acids is 1. The van der Waals surface area contributed by atoms with Crippen molar-refractivity contribution in [3.8, 4) is 0 Å². The summed E-state index contributed by atoms with van der Waals surface area (Å²) >= 11 is 1.33. The van der Waals surface area contributed by atoms with E-state index < -0.39 is 11.4 Å². The maximum atomic E-state index is 11.7. The molecule has 19 heavy (non-hydrogen) atoms. The van der Waals surface area contributed by atoms with Crippen molar-refractivity contribution in [1.82, 2.24) is 0 Å². The van der Waals surface area contributed by atoms with Gasteiger partial charge in [-0.25, -0.2) is 0 Å². The van der Waals surface area contributed by atoms with E-state index in [1.807, 2.05) is 31.2 Å². The maximum absolute atomic E-state index is 11.7. The summed E-state index contributed by atoms with van der Waals surface area (Å²) in [6, 6.07) is 7.56. The normalized spacial score (nSPS) is 11.1. The molecule has 1 rings (SSSR count). The van der Waals surface area contributed by atoms with Crippen molar-refractivity contribution in [3.05, 3.63) is 29.8 Å². The summed E-state index contributed by atoms with van der Waals surface area (Å²) in [7, 11) is 0. The Morgan fingerprint density at radius 3 is 2.63 bits per heavy atom. The van der Waals surface area contributed by atoms with Crippen LogP contribution in [0.1, 0.15) is 19.4 Å². The van der Waals surface area contributed by atoms with Gasteiger partial charge in [-0.1, -0.05) is 12.1 Å². The highest BCUT2D eigenvalue weighted by Gasteiger charge is 2.27. The van der Waals surface area contributed by atoms with Gasteiger partial charge < -0.3 is 10.4 Å². The zero-order valence-electron chi connectivity index (χ0n) is 11.4. The smallest absolute Gasteiger partial charge is 0.309 e. The molecule has 0 aliphatic heterocycles. The number of hydrogen-bond donors (Lipinski definition) is 2. The van der Waals surface area contributed by atoms with Gasteiger partial charge in [0, 0.05) is 11.4 Å². The van der Waals surface area contributed by atoms with E-state index in [4.69, 9.17) is 5.11 Å². The van der Waals surface area contributed by atoms with E-state index in [9.17, 15) is 9.59 Å². The average Bonchev–Trinajstić information content (AvgIpc) is 2.28. The molecule has 0 atom stereocenters. The molecule has 0 aromatic heterocycles. The molecule has 104 valence electrons. The topological polar surface area (TPSA) is 66.4 Å². The summed E-state index contributed by atoms with van der Waals surface area (Å²) in [5.74, 6) is -0.301. The van der Waals surface area contributed by atoms with Crippen molar-refractivity contribution in [2.45, 2.75) is 20.8 Å². The number of rotatable bonds is 6. The number of aryl methyl sites for hydroxylation is 1. The van der Waals surface area contributed by atoms with Crippen LogP contribution in [-0.2, 0) is 9.59 Å². The van der Waals surface area contributed by atoms with Gasteiger partial charge in [-0.05, 0) is 38.5 Å². The molecule has 0 heterocycles. The number of carboxylic acid groups (broad SMARTS) is 1. The lowest BCUT2D eigenvalue weighted by Crippen LogP contribution is -2.27. The highest BCUT2D eigenvalue weighted by molar-refractivity contribution is 8.00. The lowest BCUT2D eigenvalue weighted by molar-refractivity contribution is -0.145. The Labute approximate surface area is 117 Å². The molecule has 5 heteroatoms. The largest absolute Gasteiger partial charge is 0.481 e. The van der Waals surface area contributed by atoms with Gasteiger partial charge in [0.25, 0.3) is 0 Å². The van der Waals surface area contributed by atoms with Crippen LogP contribution in [0, 0.1) is 12.3 Å². The Morgan fingerprint density at radius 2 is 2.05 bits per heavy atom. The van der Waals surface area contributed by atoms with Crippen LogP contribution >= 0.6 is 11.8 Å². The van der Waals surface area contributed by atoms with Crippen molar-refractivity contribution >= 4 is 29.3 Å². The molecule has 0 aliphatic rings. The molecule has 0 aliphatic carbocycles. The second-order valence-corrected chi connectivity index (χ2v) is 6.09. The van der Waals surface area contributed by atoms with E-state index in [0.717, 1.165) is 11.3 Å². The molecule has 0 radical (unpaired) electrons. The molecule has 1 aromatic rings. The third kappa shape index (κ3) is 5.34. The van der Waals surface area contributed by atoms with Crippen LogP contribution in [0.2, 0.25) is 0 Å². The van der Waals surface area contributed by atoms with Gasteiger partial charge in [0.05, 0.1) is 11.2 Å². The number of nitrogens with one attached hydrogen (secondary N) is 1. The third-order valence-electron chi connectivity index (χ3n) is 2.58. The van der Waals surface area contributed by atoms with Crippen LogP contribution in [0.15, 0.2) is 24.3 Å². The summed E-state index contributed by atoms with van der Waals surface area (Å²) in [4.78, 5) is 22.6. The van der Waals surface area contributed by atoms with E-state index >= 15 is 0 Å². The fourth-order valence-electron chi connectivity index (χ4n) is 1.38.